The van der Waals surface area contributed by atoms with Crippen LogP contribution in [0.25, 0.3) is 93.8 Å². The molecule has 0 aliphatic rings. The van der Waals surface area contributed by atoms with Gasteiger partial charge in [0.1, 0.15) is 11.3 Å². The normalized spacial score (nSPS) is 11.9. The zero-order chi connectivity index (χ0) is 32.2. The van der Waals surface area contributed by atoms with Crippen LogP contribution in [-0.4, -0.2) is 4.98 Å². The van der Waals surface area contributed by atoms with Crippen molar-refractivity contribution in [3.63, 3.8) is 0 Å². The Hall–Kier alpha value is -6.25. The van der Waals surface area contributed by atoms with Crippen LogP contribution in [0, 0.1) is 6.92 Å². The zero-order valence-corrected chi connectivity index (χ0v) is 26.6. The highest BCUT2D eigenvalue weighted by Crippen LogP contribution is 2.47. The molecule has 0 spiro atoms. The molecule has 0 radical (unpaired) electrons. The summed E-state index contributed by atoms with van der Waals surface area (Å²) in [5, 5.41) is 9.41. The molecule has 2 heterocycles. The molecule has 2 aromatic heterocycles. The molecule has 226 valence electrons. The number of aryl methyl sites for hydroxylation is 1. The summed E-state index contributed by atoms with van der Waals surface area (Å²) >= 11 is 0. The molecule has 0 aliphatic carbocycles. The molecule has 0 saturated carbocycles. The van der Waals surface area contributed by atoms with E-state index in [1.807, 2.05) is 36.5 Å². The maximum absolute atomic E-state index is 6.46. The first kappa shape index (κ1) is 28.0. The third-order valence-corrected chi connectivity index (χ3v) is 9.62. The summed E-state index contributed by atoms with van der Waals surface area (Å²) in [7, 11) is 0. The second-order valence-corrected chi connectivity index (χ2v) is 12.4. The lowest BCUT2D eigenvalue weighted by Gasteiger charge is -2.20. The van der Waals surface area contributed by atoms with E-state index < -0.39 is 0 Å². The average molecular weight is 614 g/mol. The van der Waals surface area contributed by atoms with Crippen LogP contribution in [0.2, 0.25) is 0 Å². The highest BCUT2D eigenvalue weighted by molar-refractivity contribution is 6.23. The molecule has 0 fully saturated rings. The van der Waals surface area contributed by atoms with Crippen LogP contribution in [-0.2, 0) is 0 Å². The molecule has 0 N–H and O–H groups in total. The highest BCUT2D eigenvalue weighted by Gasteiger charge is 2.21. The lowest BCUT2D eigenvalue weighted by Crippen LogP contribution is -1.95. The average Bonchev–Trinajstić information content (AvgIpc) is 3.52. The Kier molecular flexibility index (Phi) is 6.55. The standard InChI is InChI=1S/C46H31NO/c1-3-4-15-34-29(2)12-11-19-36(34)44-38-18-8-7-17-37(38)43(32-22-21-30-13-5-6-14-31(30)27-32)41-28-33(23-24-39(41)44)45-46-40(25-26-47-45)35-16-9-10-20-42(35)48-46/h3-28H,1H2,2H3. The number of fused-ring (bicyclic) bond motifs is 6. The summed E-state index contributed by atoms with van der Waals surface area (Å²) in [6.45, 7) is 6.13. The molecule has 0 bridgehead atoms. The second kappa shape index (κ2) is 11.2. The smallest absolute Gasteiger partial charge is 0.161 e. The molecule has 7 aromatic carbocycles. The van der Waals surface area contributed by atoms with Crippen molar-refractivity contribution in [3.8, 4) is 33.5 Å². The van der Waals surface area contributed by atoms with E-state index in [0.717, 1.165) is 33.2 Å². The quantitative estimate of drug-likeness (QED) is 0.143. The summed E-state index contributed by atoms with van der Waals surface area (Å²) in [4.78, 5) is 4.91. The molecule has 0 unspecified atom stereocenters. The van der Waals surface area contributed by atoms with E-state index >= 15 is 0 Å². The molecule has 2 nitrogen and oxygen atoms in total. The summed E-state index contributed by atoms with van der Waals surface area (Å²) in [5.41, 5.74) is 10.8. The van der Waals surface area contributed by atoms with Crippen molar-refractivity contribution in [1.29, 1.82) is 0 Å². The van der Waals surface area contributed by atoms with Gasteiger partial charge in [-0.2, -0.15) is 0 Å². The SMILES string of the molecule is C=CC=Cc1c(C)cccc1-c1c2ccccc2c(-c2ccc3ccccc3c2)c2cc(-c3nccc4c3oc3ccccc34)ccc12. The highest BCUT2D eigenvalue weighted by atomic mass is 16.3. The number of para-hydroxylation sites is 1. The van der Waals surface area contributed by atoms with E-state index in [4.69, 9.17) is 9.40 Å². The van der Waals surface area contributed by atoms with Crippen molar-refractivity contribution in [3.05, 3.63) is 170 Å². The number of hydrogen-bond acceptors (Lipinski definition) is 2. The van der Waals surface area contributed by atoms with E-state index in [0.29, 0.717) is 0 Å². The third kappa shape index (κ3) is 4.38. The minimum absolute atomic E-state index is 0.807. The second-order valence-electron chi connectivity index (χ2n) is 12.4. The van der Waals surface area contributed by atoms with Gasteiger partial charge in [-0.05, 0) is 96.9 Å². The van der Waals surface area contributed by atoms with E-state index in [-0.39, 0.29) is 0 Å². The predicted molar refractivity (Wildman–Crippen MR) is 204 cm³/mol. The number of furan rings is 1. The molecular weight excluding hydrogens is 583 g/mol. The molecule has 2 heteroatoms. The van der Waals surface area contributed by atoms with Crippen molar-refractivity contribution in [1.82, 2.24) is 4.98 Å². The van der Waals surface area contributed by atoms with Gasteiger partial charge < -0.3 is 4.42 Å². The Bertz CT molecular complexity index is 2760. The number of allylic oxidation sites excluding steroid dienone is 2. The molecule has 0 atom stereocenters. The summed E-state index contributed by atoms with van der Waals surface area (Å²) in [6.07, 6.45) is 7.94. The van der Waals surface area contributed by atoms with E-state index in [2.05, 4.69) is 135 Å². The van der Waals surface area contributed by atoms with Gasteiger partial charge in [0, 0.05) is 22.5 Å². The lowest BCUT2D eigenvalue weighted by atomic mass is 9.83. The Labute approximate surface area is 278 Å². The van der Waals surface area contributed by atoms with Crippen LogP contribution >= 0.6 is 0 Å². The molecule has 9 aromatic rings. The van der Waals surface area contributed by atoms with Crippen LogP contribution in [0.1, 0.15) is 11.1 Å². The van der Waals surface area contributed by atoms with Crippen LogP contribution < -0.4 is 0 Å². The topological polar surface area (TPSA) is 26.0 Å². The van der Waals surface area contributed by atoms with Gasteiger partial charge >= 0.3 is 0 Å². The number of rotatable bonds is 5. The molecule has 48 heavy (non-hydrogen) atoms. The van der Waals surface area contributed by atoms with Crippen LogP contribution in [0.15, 0.2) is 163 Å². The van der Waals surface area contributed by atoms with E-state index in [1.165, 1.54) is 65.7 Å². The van der Waals surface area contributed by atoms with Gasteiger partial charge in [-0.3, -0.25) is 4.98 Å². The first-order valence-corrected chi connectivity index (χ1v) is 16.3. The van der Waals surface area contributed by atoms with Crippen molar-refractivity contribution in [2.24, 2.45) is 0 Å². The van der Waals surface area contributed by atoms with Crippen molar-refractivity contribution in [2.75, 3.05) is 0 Å². The molecule has 9 rings (SSSR count). The van der Waals surface area contributed by atoms with E-state index in [9.17, 15) is 0 Å². The van der Waals surface area contributed by atoms with Gasteiger partial charge in [0.2, 0.25) is 0 Å². The third-order valence-electron chi connectivity index (χ3n) is 9.62. The number of hydrogen-bond donors (Lipinski definition) is 0. The van der Waals surface area contributed by atoms with Gasteiger partial charge in [0.15, 0.2) is 5.58 Å². The maximum Gasteiger partial charge on any atom is 0.161 e. The van der Waals surface area contributed by atoms with Crippen LogP contribution in [0.5, 0.6) is 0 Å². The fourth-order valence-corrected chi connectivity index (χ4v) is 7.41. The number of pyridine rings is 1. The largest absolute Gasteiger partial charge is 0.454 e. The number of aromatic nitrogens is 1. The van der Waals surface area contributed by atoms with Crippen LogP contribution in [0.3, 0.4) is 0 Å². The predicted octanol–water partition coefficient (Wildman–Crippen LogP) is 12.9. The molecule has 0 amide bonds. The fraction of sp³-hybridized carbons (Fsp3) is 0.0217. The molecular formula is C46H31NO. The van der Waals surface area contributed by atoms with Crippen LogP contribution in [0.4, 0.5) is 0 Å². The lowest BCUT2D eigenvalue weighted by molar-refractivity contribution is 0.668. The van der Waals surface area contributed by atoms with Crippen molar-refractivity contribution >= 4 is 60.3 Å². The Balaban J connectivity index is 1.42. The molecule has 0 saturated heterocycles. The van der Waals surface area contributed by atoms with Crippen molar-refractivity contribution in [2.45, 2.75) is 6.92 Å². The summed E-state index contributed by atoms with van der Waals surface area (Å²) < 4.78 is 6.46. The fourth-order valence-electron chi connectivity index (χ4n) is 7.41. The van der Waals surface area contributed by atoms with Crippen molar-refractivity contribution < 1.29 is 4.42 Å². The first-order valence-electron chi connectivity index (χ1n) is 16.3. The number of nitrogens with zero attached hydrogens (tertiary/aromatic N) is 1. The number of benzene rings is 7. The van der Waals surface area contributed by atoms with Gasteiger partial charge in [-0.1, -0.05) is 134 Å². The minimum atomic E-state index is 0.807. The maximum atomic E-state index is 6.46. The Morgan fingerprint density at radius 2 is 1.31 bits per heavy atom. The summed E-state index contributed by atoms with van der Waals surface area (Å²) in [5.74, 6) is 0. The Morgan fingerprint density at radius 3 is 2.17 bits per heavy atom. The first-order chi connectivity index (χ1) is 23.7. The van der Waals surface area contributed by atoms with E-state index in [1.54, 1.807) is 0 Å². The van der Waals surface area contributed by atoms with Gasteiger partial charge in [0.25, 0.3) is 0 Å². The van der Waals surface area contributed by atoms with Gasteiger partial charge in [0.05, 0.1) is 0 Å². The van der Waals surface area contributed by atoms with Gasteiger partial charge in [-0.15, -0.1) is 0 Å². The molecule has 0 aliphatic heterocycles. The monoisotopic (exact) mass is 613 g/mol. The summed E-state index contributed by atoms with van der Waals surface area (Å²) in [6, 6.07) is 47.9. The zero-order valence-electron chi connectivity index (χ0n) is 26.6. The van der Waals surface area contributed by atoms with Gasteiger partial charge in [-0.25, -0.2) is 0 Å². The Morgan fingerprint density at radius 1 is 0.583 bits per heavy atom. The minimum Gasteiger partial charge on any atom is -0.454 e.